The first-order valence-corrected chi connectivity index (χ1v) is 10.2. The lowest BCUT2D eigenvalue weighted by Gasteiger charge is -2.22. The molecule has 0 unspecified atom stereocenters. The molecule has 33 heavy (non-hydrogen) atoms. The Bertz CT molecular complexity index is 962. The van der Waals surface area contributed by atoms with Crippen LogP contribution < -0.4 is 10.6 Å². The molecule has 0 saturated carbocycles. The van der Waals surface area contributed by atoms with Gasteiger partial charge < -0.3 is 20.3 Å². The lowest BCUT2D eigenvalue weighted by atomic mass is 10.1. The summed E-state index contributed by atoms with van der Waals surface area (Å²) in [6.07, 6.45) is -4.22. The zero-order valence-electron chi connectivity index (χ0n) is 18.4. The molecule has 0 heterocycles. The minimum Gasteiger partial charge on any atom is -0.385 e. The number of nitrogens with one attached hydrogen (secondary N) is 2. The molecule has 10 heteroatoms. The van der Waals surface area contributed by atoms with Crippen LogP contribution in [-0.2, 0) is 20.5 Å². The van der Waals surface area contributed by atoms with E-state index in [-0.39, 0.29) is 18.7 Å². The molecular formula is C23H26F3N3O4. The third-order valence-electron chi connectivity index (χ3n) is 4.62. The highest BCUT2D eigenvalue weighted by molar-refractivity contribution is 5.98. The van der Waals surface area contributed by atoms with Crippen molar-refractivity contribution in [1.82, 2.24) is 10.2 Å². The molecule has 0 saturated heterocycles. The molecule has 0 aliphatic heterocycles. The molecule has 0 aliphatic rings. The first-order chi connectivity index (χ1) is 15.6. The van der Waals surface area contributed by atoms with Crippen LogP contribution in [0, 0.1) is 6.92 Å². The summed E-state index contributed by atoms with van der Waals surface area (Å²) in [5, 5.41) is 5.05. The number of ether oxygens (including phenoxy) is 1. The summed E-state index contributed by atoms with van der Waals surface area (Å²) in [4.78, 5) is 38.4. The van der Waals surface area contributed by atoms with Gasteiger partial charge >= 0.3 is 6.18 Å². The molecule has 0 bridgehead atoms. The summed E-state index contributed by atoms with van der Waals surface area (Å²) in [6, 6.07) is 11.1. The van der Waals surface area contributed by atoms with Gasteiger partial charge in [-0.05, 0) is 43.7 Å². The average Bonchev–Trinajstić information content (AvgIpc) is 2.78. The molecule has 2 rings (SSSR count). The van der Waals surface area contributed by atoms with Gasteiger partial charge in [-0.25, -0.2) is 0 Å². The number of hydrogen-bond acceptors (Lipinski definition) is 4. The second-order valence-electron chi connectivity index (χ2n) is 7.34. The molecule has 2 aromatic rings. The molecule has 0 radical (unpaired) electrons. The van der Waals surface area contributed by atoms with Gasteiger partial charge in [-0.15, -0.1) is 0 Å². The number of benzene rings is 2. The van der Waals surface area contributed by atoms with Crippen LogP contribution in [0.2, 0.25) is 0 Å². The second-order valence-corrected chi connectivity index (χ2v) is 7.34. The number of rotatable bonds is 10. The van der Waals surface area contributed by atoms with Crippen molar-refractivity contribution in [2.45, 2.75) is 19.5 Å². The fourth-order valence-electron chi connectivity index (χ4n) is 2.91. The Morgan fingerprint density at radius 2 is 1.73 bits per heavy atom. The van der Waals surface area contributed by atoms with Gasteiger partial charge in [0.05, 0.1) is 18.7 Å². The Kier molecular flexibility index (Phi) is 9.41. The highest BCUT2D eigenvalue weighted by Crippen LogP contribution is 2.29. The summed E-state index contributed by atoms with van der Waals surface area (Å²) in [6.45, 7) is 1.55. The smallest absolute Gasteiger partial charge is 0.385 e. The van der Waals surface area contributed by atoms with Gasteiger partial charge in [0, 0.05) is 31.5 Å². The normalized spacial score (nSPS) is 11.1. The predicted molar refractivity (Wildman–Crippen MR) is 117 cm³/mol. The lowest BCUT2D eigenvalue weighted by Crippen LogP contribution is -2.43. The molecule has 2 aromatic carbocycles. The van der Waals surface area contributed by atoms with E-state index < -0.39 is 36.0 Å². The van der Waals surface area contributed by atoms with Crippen LogP contribution in [-0.4, -0.2) is 56.0 Å². The first kappa shape index (κ1) is 25.9. The van der Waals surface area contributed by atoms with E-state index in [1.807, 2.05) is 19.1 Å². The van der Waals surface area contributed by atoms with E-state index in [4.69, 9.17) is 4.74 Å². The minimum absolute atomic E-state index is 0.0892. The number of aryl methyl sites for hydroxylation is 1. The maximum absolute atomic E-state index is 13.0. The standard InChI is InChI=1S/C23H26F3N3O4/c1-16-7-9-19(10-8-16)28-20(30)14-27-21(31)15-29(11-4-12-33-2)22(32)17-5-3-6-18(13-17)23(24,25)26/h3,5-10,13H,4,11-12,14-15H2,1-2H3,(H,27,31)(H,28,30). The minimum atomic E-state index is -4.60. The van der Waals surface area contributed by atoms with Crippen molar-refractivity contribution in [3.8, 4) is 0 Å². The van der Waals surface area contributed by atoms with Gasteiger partial charge in [-0.3, -0.25) is 14.4 Å². The van der Waals surface area contributed by atoms with Crippen LogP contribution in [0.15, 0.2) is 48.5 Å². The molecule has 0 aliphatic carbocycles. The predicted octanol–water partition coefficient (Wildman–Crippen LogP) is 3.25. The van der Waals surface area contributed by atoms with Crippen molar-refractivity contribution in [3.05, 3.63) is 65.2 Å². The van der Waals surface area contributed by atoms with Crippen molar-refractivity contribution >= 4 is 23.4 Å². The Morgan fingerprint density at radius 1 is 1.03 bits per heavy atom. The second kappa shape index (κ2) is 12.0. The molecular weight excluding hydrogens is 439 g/mol. The summed E-state index contributed by atoms with van der Waals surface area (Å²) >= 11 is 0. The number of anilines is 1. The number of carbonyl (C=O) groups excluding carboxylic acids is 3. The van der Waals surface area contributed by atoms with E-state index in [0.29, 0.717) is 18.7 Å². The SMILES string of the molecule is COCCCN(CC(=O)NCC(=O)Nc1ccc(C)cc1)C(=O)c1cccc(C(F)(F)F)c1. The molecule has 7 nitrogen and oxygen atoms in total. The van der Waals surface area contributed by atoms with Crippen molar-refractivity contribution in [2.75, 3.05) is 38.7 Å². The zero-order valence-corrected chi connectivity index (χ0v) is 18.4. The molecule has 0 aromatic heterocycles. The maximum Gasteiger partial charge on any atom is 0.416 e. The number of halogens is 3. The van der Waals surface area contributed by atoms with E-state index in [1.165, 1.54) is 13.2 Å². The molecule has 2 N–H and O–H groups in total. The highest BCUT2D eigenvalue weighted by atomic mass is 19.4. The Hall–Kier alpha value is -3.40. The Labute approximate surface area is 189 Å². The van der Waals surface area contributed by atoms with Gasteiger partial charge in [0.15, 0.2) is 0 Å². The van der Waals surface area contributed by atoms with E-state index in [2.05, 4.69) is 10.6 Å². The fraction of sp³-hybridized carbons (Fsp3) is 0.348. The fourth-order valence-corrected chi connectivity index (χ4v) is 2.91. The molecule has 178 valence electrons. The van der Waals surface area contributed by atoms with Gasteiger partial charge in [-0.2, -0.15) is 13.2 Å². The van der Waals surface area contributed by atoms with Crippen molar-refractivity contribution < 1.29 is 32.3 Å². The third-order valence-corrected chi connectivity index (χ3v) is 4.62. The van der Waals surface area contributed by atoms with Crippen LogP contribution in [0.25, 0.3) is 0 Å². The number of carbonyl (C=O) groups is 3. The van der Waals surface area contributed by atoms with Crippen molar-refractivity contribution in [2.24, 2.45) is 0 Å². The van der Waals surface area contributed by atoms with E-state index in [0.717, 1.165) is 28.7 Å². The first-order valence-electron chi connectivity index (χ1n) is 10.2. The van der Waals surface area contributed by atoms with E-state index in [1.54, 1.807) is 12.1 Å². The summed E-state index contributed by atoms with van der Waals surface area (Å²) in [5.74, 6) is -1.80. The number of methoxy groups -OCH3 is 1. The molecule has 0 atom stereocenters. The lowest BCUT2D eigenvalue weighted by molar-refractivity contribution is -0.137. The van der Waals surface area contributed by atoms with Gasteiger partial charge in [0.1, 0.15) is 0 Å². The summed E-state index contributed by atoms with van der Waals surface area (Å²) in [7, 11) is 1.47. The number of alkyl halides is 3. The monoisotopic (exact) mass is 465 g/mol. The van der Waals surface area contributed by atoms with Crippen LogP contribution in [0.1, 0.15) is 27.9 Å². The van der Waals surface area contributed by atoms with Crippen molar-refractivity contribution in [1.29, 1.82) is 0 Å². The molecule has 0 fully saturated rings. The third kappa shape index (κ3) is 8.57. The van der Waals surface area contributed by atoms with Crippen LogP contribution in [0.5, 0.6) is 0 Å². The van der Waals surface area contributed by atoms with Crippen LogP contribution >= 0.6 is 0 Å². The number of hydrogen-bond donors (Lipinski definition) is 2. The van der Waals surface area contributed by atoms with Gasteiger partial charge in [0.2, 0.25) is 11.8 Å². The number of amides is 3. The van der Waals surface area contributed by atoms with Crippen molar-refractivity contribution in [3.63, 3.8) is 0 Å². The van der Waals surface area contributed by atoms with E-state index >= 15 is 0 Å². The summed E-state index contributed by atoms with van der Waals surface area (Å²) < 4.78 is 43.9. The molecule has 0 spiro atoms. The van der Waals surface area contributed by atoms with E-state index in [9.17, 15) is 27.6 Å². The topological polar surface area (TPSA) is 87.7 Å². The Morgan fingerprint density at radius 3 is 2.36 bits per heavy atom. The van der Waals surface area contributed by atoms with Crippen LogP contribution in [0.3, 0.4) is 0 Å². The Balaban J connectivity index is 2.00. The maximum atomic E-state index is 13.0. The zero-order chi connectivity index (χ0) is 24.4. The average molecular weight is 465 g/mol. The molecule has 3 amide bonds. The summed E-state index contributed by atoms with van der Waals surface area (Å²) in [5.41, 5.74) is 0.454. The van der Waals surface area contributed by atoms with Gasteiger partial charge in [0.25, 0.3) is 5.91 Å². The number of nitrogens with zero attached hydrogens (tertiary/aromatic N) is 1. The largest absolute Gasteiger partial charge is 0.416 e. The highest BCUT2D eigenvalue weighted by Gasteiger charge is 2.31. The quantitative estimate of drug-likeness (QED) is 0.528. The van der Waals surface area contributed by atoms with Crippen LogP contribution in [0.4, 0.5) is 18.9 Å². The van der Waals surface area contributed by atoms with Gasteiger partial charge in [-0.1, -0.05) is 23.8 Å².